The lowest BCUT2D eigenvalue weighted by Crippen LogP contribution is -2.29. The lowest BCUT2D eigenvalue weighted by molar-refractivity contribution is 0.309. The Hall–Kier alpha value is -2.80. The Kier molecular flexibility index (Phi) is 3.86. The van der Waals surface area contributed by atoms with E-state index in [1.165, 1.54) is 25.0 Å². The van der Waals surface area contributed by atoms with Gasteiger partial charge in [-0.1, -0.05) is 30.3 Å². The average molecular weight is 347 g/mol. The van der Waals surface area contributed by atoms with E-state index < -0.39 is 0 Å². The Morgan fingerprint density at radius 3 is 2.23 bits per heavy atom. The van der Waals surface area contributed by atoms with Crippen molar-refractivity contribution in [2.75, 3.05) is 31.1 Å². The van der Waals surface area contributed by atoms with Crippen LogP contribution in [0.4, 0.5) is 5.82 Å². The molecule has 2 fully saturated rings. The van der Waals surface area contributed by atoms with E-state index in [-0.39, 0.29) is 0 Å². The van der Waals surface area contributed by atoms with E-state index in [4.69, 9.17) is 0 Å². The van der Waals surface area contributed by atoms with Gasteiger partial charge in [0.15, 0.2) is 11.6 Å². The van der Waals surface area contributed by atoms with E-state index in [0.29, 0.717) is 5.82 Å². The van der Waals surface area contributed by atoms with E-state index in [1.807, 2.05) is 12.1 Å². The number of anilines is 1. The van der Waals surface area contributed by atoms with Crippen LogP contribution in [-0.2, 0) is 6.54 Å². The molecule has 2 atom stereocenters. The second kappa shape index (κ2) is 6.49. The number of hydrogen-bond acceptors (Lipinski definition) is 6. The highest BCUT2D eigenvalue weighted by atomic mass is 15.4. The van der Waals surface area contributed by atoms with Crippen molar-refractivity contribution in [3.05, 3.63) is 60.7 Å². The fourth-order valence-corrected chi connectivity index (χ4v) is 4.18. The summed E-state index contributed by atoms with van der Waals surface area (Å²) in [5, 5.41) is 12.8. The summed E-state index contributed by atoms with van der Waals surface area (Å²) in [4.78, 5) is 8.90. The molecule has 2 aliphatic rings. The molecular weight excluding hydrogens is 326 g/mol. The van der Waals surface area contributed by atoms with Crippen LogP contribution < -0.4 is 4.90 Å². The number of aromatic nitrogens is 5. The Bertz CT molecular complexity index is 833. The maximum absolute atomic E-state index is 4.40. The minimum Gasteiger partial charge on any atom is -0.354 e. The highest BCUT2D eigenvalue weighted by Crippen LogP contribution is 2.33. The molecule has 2 unspecified atom stereocenters. The molecule has 2 aliphatic heterocycles. The number of benzene rings is 1. The molecule has 26 heavy (non-hydrogen) atoms. The summed E-state index contributed by atoms with van der Waals surface area (Å²) in [7, 11) is 0. The first kappa shape index (κ1) is 15.5. The minimum absolute atomic E-state index is 0.694. The van der Waals surface area contributed by atoms with Gasteiger partial charge in [-0.05, 0) is 29.5 Å². The smallest absolute Gasteiger partial charge is 0.177 e. The fraction of sp³-hybridized carbons (Fsp3) is 0.368. The maximum atomic E-state index is 4.40. The number of fused-ring (bicyclic) bond motifs is 1. The van der Waals surface area contributed by atoms with Crippen LogP contribution in [0.15, 0.2) is 55.1 Å². The quantitative estimate of drug-likeness (QED) is 0.715. The zero-order chi connectivity index (χ0) is 17.3. The number of hydrogen-bond donors (Lipinski definition) is 0. The summed E-state index contributed by atoms with van der Waals surface area (Å²) in [5.41, 5.74) is 1.40. The van der Waals surface area contributed by atoms with Crippen LogP contribution in [0.25, 0.3) is 5.82 Å². The molecule has 7 heteroatoms. The summed E-state index contributed by atoms with van der Waals surface area (Å²) >= 11 is 0. The van der Waals surface area contributed by atoms with Crippen molar-refractivity contribution in [2.24, 2.45) is 11.8 Å². The molecular formula is C19H21N7. The Labute approximate surface area is 152 Å². The largest absolute Gasteiger partial charge is 0.354 e. The van der Waals surface area contributed by atoms with Crippen LogP contribution in [0.2, 0.25) is 0 Å². The van der Waals surface area contributed by atoms with Gasteiger partial charge in [0.05, 0.1) is 0 Å². The van der Waals surface area contributed by atoms with Crippen molar-refractivity contribution in [2.45, 2.75) is 6.54 Å². The molecule has 1 aromatic carbocycles. The first-order valence-electron chi connectivity index (χ1n) is 9.05. The summed E-state index contributed by atoms with van der Waals surface area (Å²) in [5.74, 6) is 3.09. The van der Waals surface area contributed by atoms with E-state index in [9.17, 15) is 0 Å². The molecule has 0 amide bonds. The van der Waals surface area contributed by atoms with Gasteiger partial charge in [0, 0.05) is 32.7 Å². The molecule has 0 radical (unpaired) electrons. The summed E-state index contributed by atoms with van der Waals surface area (Å²) < 4.78 is 1.62. The molecule has 0 bridgehead atoms. The molecule has 0 spiro atoms. The summed E-state index contributed by atoms with van der Waals surface area (Å²) in [6.07, 6.45) is 3.13. The summed E-state index contributed by atoms with van der Waals surface area (Å²) in [6, 6.07) is 14.7. The van der Waals surface area contributed by atoms with Crippen molar-refractivity contribution in [1.82, 2.24) is 29.9 Å². The van der Waals surface area contributed by atoms with Crippen LogP contribution in [-0.4, -0.2) is 56.0 Å². The van der Waals surface area contributed by atoms with Gasteiger partial charge >= 0.3 is 0 Å². The zero-order valence-corrected chi connectivity index (χ0v) is 14.5. The molecule has 4 heterocycles. The van der Waals surface area contributed by atoms with Crippen molar-refractivity contribution >= 4 is 5.82 Å². The van der Waals surface area contributed by atoms with Gasteiger partial charge in [-0.15, -0.1) is 10.2 Å². The van der Waals surface area contributed by atoms with E-state index in [0.717, 1.165) is 37.3 Å². The second-order valence-electron chi connectivity index (χ2n) is 7.19. The zero-order valence-electron chi connectivity index (χ0n) is 14.5. The average Bonchev–Trinajstić information content (AvgIpc) is 3.39. The molecule has 2 saturated heterocycles. The molecule has 0 aliphatic carbocycles. The van der Waals surface area contributed by atoms with Gasteiger partial charge in [-0.2, -0.15) is 5.10 Å². The number of rotatable bonds is 4. The Morgan fingerprint density at radius 1 is 0.846 bits per heavy atom. The standard InChI is InChI=1S/C19H21N7/c1-2-4-15(5-3-1)8-24-9-16-11-25(12-17(16)10-24)18-6-7-19(23-22-18)26-14-20-13-21-26/h1-7,13-14,16-17H,8-12H2. The molecule has 7 nitrogen and oxygen atoms in total. The van der Waals surface area contributed by atoms with E-state index >= 15 is 0 Å². The molecule has 3 aromatic rings. The monoisotopic (exact) mass is 347 g/mol. The van der Waals surface area contributed by atoms with Gasteiger partial charge < -0.3 is 4.90 Å². The minimum atomic E-state index is 0.694. The van der Waals surface area contributed by atoms with Crippen LogP contribution in [0, 0.1) is 11.8 Å². The van der Waals surface area contributed by atoms with Crippen LogP contribution >= 0.6 is 0 Å². The van der Waals surface area contributed by atoms with Gasteiger partial charge in [0.2, 0.25) is 0 Å². The van der Waals surface area contributed by atoms with E-state index in [2.05, 4.69) is 60.4 Å². The first-order chi connectivity index (χ1) is 12.8. The van der Waals surface area contributed by atoms with Crippen molar-refractivity contribution in [1.29, 1.82) is 0 Å². The molecule has 0 N–H and O–H groups in total. The lowest BCUT2D eigenvalue weighted by atomic mass is 10.0. The van der Waals surface area contributed by atoms with Crippen LogP contribution in [0.1, 0.15) is 5.56 Å². The first-order valence-corrected chi connectivity index (χ1v) is 9.05. The molecule has 2 aromatic heterocycles. The molecule has 5 rings (SSSR count). The number of likely N-dealkylation sites (tertiary alicyclic amines) is 1. The maximum Gasteiger partial charge on any atom is 0.177 e. The van der Waals surface area contributed by atoms with Gasteiger partial charge in [-0.25, -0.2) is 9.67 Å². The Morgan fingerprint density at radius 2 is 1.58 bits per heavy atom. The lowest BCUT2D eigenvalue weighted by Gasteiger charge is -2.22. The Balaban J connectivity index is 1.21. The van der Waals surface area contributed by atoms with Crippen LogP contribution in [0.3, 0.4) is 0 Å². The normalized spacial score (nSPS) is 22.7. The highest BCUT2D eigenvalue weighted by molar-refractivity contribution is 5.41. The predicted octanol–water partition coefficient (Wildman–Crippen LogP) is 1.63. The van der Waals surface area contributed by atoms with Crippen molar-refractivity contribution in [3.8, 4) is 5.82 Å². The summed E-state index contributed by atoms with van der Waals surface area (Å²) in [6.45, 7) is 5.52. The van der Waals surface area contributed by atoms with Crippen LogP contribution in [0.5, 0.6) is 0 Å². The van der Waals surface area contributed by atoms with Gasteiger partial charge in [0.25, 0.3) is 0 Å². The van der Waals surface area contributed by atoms with Crippen molar-refractivity contribution < 1.29 is 0 Å². The SMILES string of the molecule is c1ccc(CN2CC3CN(c4ccc(-n5cncn5)nn4)CC3C2)cc1. The van der Waals surface area contributed by atoms with Gasteiger partial charge in [-0.3, -0.25) is 4.90 Å². The highest BCUT2D eigenvalue weighted by Gasteiger charge is 2.40. The fourth-order valence-electron chi connectivity index (χ4n) is 4.18. The molecule has 132 valence electrons. The predicted molar refractivity (Wildman–Crippen MR) is 97.9 cm³/mol. The topological polar surface area (TPSA) is 63.0 Å². The molecule has 0 saturated carbocycles. The third-order valence-corrected chi connectivity index (χ3v) is 5.42. The van der Waals surface area contributed by atoms with Crippen molar-refractivity contribution in [3.63, 3.8) is 0 Å². The second-order valence-corrected chi connectivity index (χ2v) is 7.19. The van der Waals surface area contributed by atoms with E-state index in [1.54, 1.807) is 11.0 Å². The third-order valence-electron chi connectivity index (χ3n) is 5.42. The third kappa shape index (κ3) is 2.94. The number of nitrogens with zero attached hydrogens (tertiary/aromatic N) is 7. The van der Waals surface area contributed by atoms with Gasteiger partial charge in [0.1, 0.15) is 12.7 Å².